The molecule has 22 nitrogen and oxygen atoms in total. The molecule has 0 aliphatic carbocycles. The van der Waals surface area contributed by atoms with Crippen LogP contribution in [0.2, 0.25) is 0 Å². The van der Waals surface area contributed by atoms with Gasteiger partial charge in [-0.05, 0) is 80.1 Å². The number of ether oxygens (including phenoxy) is 1. The Morgan fingerprint density at radius 3 is 2.26 bits per heavy atom. The summed E-state index contributed by atoms with van der Waals surface area (Å²) in [6.45, 7) is 6.92. The Morgan fingerprint density at radius 1 is 0.890 bits per heavy atom. The summed E-state index contributed by atoms with van der Waals surface area (Å²) in [5, 5.41) is 8.99. The number of fused-ring (bicyclic) bond motifs is 4. The van der Waals surface area contributed by atoms with Gasteiger partial charge in [-0.1, -0.05) is 17.6 Å². The first kappa shape index (κ1) is 60.8. The van der Waals surface area contributed by atoms with Crippen LogP contribution in [0.25, 0.3) is 27.2 Å². The molecule has 0 radical (unpaired) electrons. The van der Waals surface area contributed by atoms with Gasteiger partial charge in [0.05, 0.1) is 62.3 Å². The van der Waals surface area contributed by atoms with Crippen molar-refractivity contribution in [2.45, 2.75) is 90.3 Å². The molecule has 438 valence electrons. The van der Waals surface area contributed by atoms with Crippen molar-refractivity contribution in [2.75, 3.05) is 60.7 Å². The van der Waals surface area contributed by atoms with Gasteiger partial charge in [0.15, 0.2) is 28.8 Å². The summed E-state index contributed by atoms with van der Waals surface area (Å²) in [4.78, 5) is 49.0. The monoisotopic (exact) mass is 1200 g/mol. The minimum atomic E-state index is -5.02. The fraction of sp³-hybridized carbons (Fsp3) is 0.415. The van der Waals surface area contributed by atoms with Gasteiger partial charge in [0, 0.05) is 110 Å². The number of amides is 3. The second-order valence-corrected chi connectivity index (χ2v) is 25.8. The molecule has 0 spiro atoms. The third kappa shape index (κ3) is 13.1. The molecular formula is C53H57F4N9O13S3. The normalized spacial score (nSPS) is 15.8. The molecule has 1 aromatic heterocycles. The van der Waals surface area contributed by atoms with Crippen LogP contribution in [0, 0.1) is 23.3 Å². The van der Waals surface area contributed by atoms with Gasteiger partial charge in [-0.15, -0.1) is 0 Å². The van der Waals surface area contributed by atoms with Crippen molar-refractivity contribution in [1.82, 2.24) is 19.8 Å². The molecule has 0 bridgehead atoms. The lowest BCUT2D eigenvalue weighted by atomic mass is 9.81. The first-order chi connectivity index (χ1) is 38.3. The molecule has 0 atom stereocenters. The largest absolute Gasteiger partial charge is 0.748 e. The molecule has 4 aromatic rings. The molecule has 4 aliphatic rings. The Balaban J connectivity index is 1.21. The first-order valence-electron chi connectivity index (χ1n) is 25.7. The number of anilines is 2. The predicted octanol–water partition coefficient (Wildman–Crippen LogP) is 5.49. The fourth-order valence-electron chi connectivity index (χ4n) is 10.9. The maximum atomic E-state index is 17.3. The van der Waals surface area contributed by atoms with Crippen molar-refractivity contribution < 1.29 is 75.6 Å². The Hall–Kier alpha value is -7.27. The first-order valence-corrected chi connectivity index (χ1v) is 30.5. The summed E-state index contributed by atoms with van der Waals surface area (Å²) in [5.41, 5.74) is 4.72. The van der Waals surface area contributed by atoms with E-state index in [2.05, 4.69) is 25.6 Å². The van der Waals surface area contributed by atoms with E-state index >= 15 is 17.6 Å². The molecular weight excluding hydrogens is 1140 g/mol. The number of rotatable bonds is 21. The highest BCUT2D eigenvalue weighted by Gasteiger charge is 2.43. The van der Waals surface area contributed by atoms with E-state index in [0.717, 1.165) is 7.05 Å². The minimum Gasteiger partial charge on any atom is -0.748 e. The lowest BCUT2D eigenvalue weighted by molar-refractivity contribution is -0.121. The molecule has 5 heterocycles. The van der Waals surface area contributed by atoms with Crippen LogP contribution in [-0.4, -0.2) is 128 Å². The maximum absolute atomic E-state index is 17.3. The average Bonchev–Trinajstić information content (AvgIpc) is 0.853. The number of nitrogens with zero attached hydrogens (tertiary/aromatic N) is 7. The topological polar surface area (TPSA) is 322 Å². The Kier molecular flexibility index (Phi) is 17.2. The van der Waals surface area contributed by atoms with Crippen LogP contribution in [0.15, 0.2) is 53.8 Å². The van der Waals surface area contributed by atoms with Gasteiger partial charge in [-0.3, -0.25) is 28.5 Å². The smallest absolute Gasteiger partial charge is 0.269 e. The van der Waals surface area contributed by atoms with E-state index in [1.165, 1.54) is 24.4 Å². The van der Waals surface area contributed by atoms with Crippen molar-refractivity contribution in [3.63, 3.8) is 0 Å². The minimum absolute atomic E-state index is 0.00833. The van der Waals surface area contributed by atoms with Crippen molar-refractivity contribution >= 4 is 76.2 Å². The number of aromatic nitrogens is 1. The Morgan fingerprint density at radius 2 is 1.60 bits per heavy atom. The zero-order chi connectivity index (χ0) is 60.0. The van der Waals surface area contributed by atoms with Crippen LogP contribution in [0.3, 0.4) is 0 Å². The zero-order valence-corrected chi connectivity index (χ0v) is 47.4. The molecule has 3 aromatic carbocycles. The summed E-state index contributed by atoms with van der Waals surface area (Å²) in [6.07, 6.45) is 6.44. The number of nitrogens with one attached hydrogen (secondary N) is 2. The number of hydrogen-bond donors (Lipinski definition) is 4. The van der Waals surface area contributed by atoms with Gasteiger partial charge in [0.1, 0.15) is 23.8 Å². The van der Waals surface area contributed by atoms with Crippen LogP contribution in [-0.2, 0) is 52.9 Å². The summed E-state index contributed by atoms with van der Waals surface area (Å²) < 4.78 is 181. The van der Waals surface area contributed by atoms with E-state index in [-0.39, 0.29) is 101 Å². The van der Waals surface area contributed by atoms with Gasteiger partial charge in [0.2, 0.25) is 17.2 Å². The number of hydrogen-bond acceptors (Lipinski definition) is 14. The fourth-order valence-corrected chi connectivity index (χ4v) is 12.7. The van der Waals surface area contributed by atoms with E-state index in [1.54, 1.807) is 52.0 Å². The number of azide groups is 1. The van der Waals surface area contributed by atoms with E-state index in [4.69, 9.17) is 10.3 Å². The standard InChI is InChI=1S/C53H57F4N9O13S3/c1-52(2)23-29(27-81(73,74)75)34-20-36-39(22-38(34)65(52)16-8-6-7-11-40(67)59-15-14-41(68)62-32-13-12-31(60-25-32)26-61-63-58)79-50-33-10-9-17-66-49(33)35(30(24-53(66,3)4)28-82(76,77)78)21-37(50)42(36)43-44(46(55)48(57)47(56)45(43)54)51(69)64(5)18-19-80(70,71)72/h12-13,20-25H,6-11,14-19,26-28H2,1-5H3,(H4-,59,62,67,68,70,71,72,73,74,75,76,77,78). The molecule has 0 saturated carbocycles. The molecule has 3 amide bonds. The highest BCUT2D eigenvalue weighted by molar-refractivity contribution is 7.86. The van der Waals surface area contributed by atoms with Gasteiger partial charge in [-0.25, -0.2) is 30.6 Å². The average molecular weight is 1200 g/mol. The van der Waals surface area contributed by atoms with Crippen molar-refractivity contribution in [3.8, 4) is 11.5 Å². The van der Waals surface area contributed by atoms with Gasteiger partial charge >= 0.3 is 0 Å². The molecule has 4 N–H and O–H groups in total. The Bertz CT molecular complexity index is 3960. The van der Waals surface area contributed by atoms with E-state index in [0.29, 0.717) is 59.4 Å². The highest BCUT2D eigenvalue weighted by Crippen LogP contribution is 2.49. The van der Waals surface area contributed by atoms with Crippen molar-refractivity contribution in [2.24, 2.45) is 5.11 Å². The number of pyridine rings is 1. The van der Waals surface area contributed by atoms with E-state index < -0.39 is 111 Å². The highest BCUT2D eigenvalue weighted by atomic mass is 32.2. The molecule has 0 saturated heterocycles. The van der Waals surface area contributed by atoms with Crippen LogP contribution in [0.4, 0.5) is 28.9 Å². The molecule has 0 fully saturated rings. The number of carbonyl (C=O) groups is 3. The predicted molar refractivity (Wildman–Crippen MR) is 292 cm³/mol. The summed E-state index contributed by atoms with van der Waals surface area (Å²) >= 11 is 0. The second kappa shape index (κ2) is 23.2. The molecule has 0 unspecified atom stereocenters. The van der Waals surface area contributed by atoms with Gasteiger partial charge < -0.3 is 29.7 Å². The van der Waals surface area contributed by atoms with Crippen molar-refractivity contribution in [3.05, 3.63) is 132 Å². The molecule has 4 aliphatic heterocycles. The number of unbranched alkanes of at least 4 members (excludes halogenated alkanes) is 2. The lowest BCUT2D eigenvalue weighted by Crippen LogP contribution is -2.53. The van der Waals surface area contributed by atoms with E-state index in [9.17, 15) is 53.3 Å². The van der Waals surface area contributed by atoms with Crippen LogP contribution in [0.1, 0.15) is 110 Å². The summed E-state index contributed by atoms with van der Waals surface area (Å²) in [7, 11) is -13.7. The van der Waals surface area contributed by atoms with Crippen molar-refractivity contribution in [1.29, 1.82) is 0 Å². The maximum Gasteiger partial charge on any atom is 0.269 e. The quantitative estimate of drug-likeness (QED) is 0.00812. The lowest BCUT2D eigenvalue weighted by Gasteiger charge is -2.44. The number of halogens is 4. The SMILES string of the molecule is CN(CCS(=O)(=O)O)C(=O)c1c(F)c(F)c(F)c(F)c1C1=c2cc3c4c(c2Oc2cc5c(cc21)C(CS(=O)(=O)O)=CC(C)(C)N5CCCCCC(=O)NCCC(=O)Nc1ccc(CN=[N+]=[N-])nc1)CCC[N+]=4C(C)(C)C=C3CS(=O)(=O)[O-]. The Labute approximate surface area is 469 Å². The third-order valence-electron chi connectivity index (χ3n) is 14.5. The molecule has 8 rings (SSSR count). The second-order valence-electron chi connectivity index (χ2n) is 21.4. The van der Waals surface area contributed by atoms with Crippen LogP contribution in [0.5, 0.6) is 11.5 Å². The zero-order valence-electron chi connectivity index (χ0n) is 45.0. The third-order valence-corrected chi connectivity index (χ3v) is 16.5. The molecule has 29 heteroatoms. The van der Waals surface area contributed by atoms with Crippen LogP contribution < -0.4 is 35.4 Å². The van der Waals surface area contributed by atoms with Crippen LogP contribution >= 0.6 is 0 Å². The molecule has 82 heavy (non-hydrogen) atoms. The van der Waals surface area contributed by atoms with E-state index in [1.807, 2.05) is 9.48 Å². The number of benzene rings is 3. The summed E-state index contributed by atoms with van der Waals surface area (Å²) in [6, 6.07) is 7.21. The number of carbonyl (C=O) groups excluding carboxylic acids is 3. The van der Waals surface area contributed by atoms with Gasteiger partial charge in [-0.2, -0.15) is 16.8 Å². The summed E-state index contributed by atoms with van der Waals surface area (Å²) in [5.74, 6) is -14.8. The van der Waals surface area contributed by atoms with Gasteiger partial charge in [0.25, 0.3) is 26.1 Å².